The number of para-hydroxylation sites is 1. The second-order valence-corrected chi connectivity index (χ2v) is 3.97. The molecule has 0 aliphatic rings. The lowest BCUT2D eigenvalue weighted by Crippen LogP contribution is -2.19. The van der Waals surface area contributed by atoms with Gasteiger partial charge < -0.3 is 14.8 Å². The van der Waals surface area contributed by atoms with E-state index < -0.39 is 0 Å². The average Bonchev–Trinajstić information content (AvgIpc) is 2.27. The van der Waals surface area contributed by atoms with Crippen LogP contribution in [0.3, 0.4) is 0 Å². The van der Waals surface area contributed by atoms with Gasteiger partial charge in [0, 0.05) is 12.1 Å². The topological polar surface area (TPSA) is 47.6 Å². The number of carbonyl (C=O) groups excluding carboxylic acids is 1. The number of rotatable bonds is 6. The van der Waals surface area contributed by atoms with Crippen LogP contribution in [0.5, 0.6) is 5.75 Å². The first-order valence-corrected chi connectivity index (χ1v) is 5.68. The first-order valence-electron chi connectivity index (χ1n) is 5.68. The number of hydrogen-bond donors (Lipinski definition) is 1. The van der Waals surface area contributed by atoms with Crippen LogP contribution in [0.4, 0.5) is 0 Å². The van der Waals surface area contributed by atoms with E-state index in [-0.39, 0.29) is 18.7 Å². The predicted molar refractivity (Wildman–Crippen MR) is 65.9 cm³/mol. The van der Waals surface area contributed by atoms with Gasteiger partial charge in [0.25, 0.3) is 0 Å². The molecule has 17 heavy (non-hydrogen) atoms. The average molecular weight is 237 g/mol. The lowest BCUT2D eigenvalue weighted by molar-refractivity contribution is -0.149. The smallest absolute Gasteiger partial charge is 0.344 e. The molecular formula is C13H19NO3. The van der Waals surface area contributed by atoms with Crippen molar-refractivity contribution in [3.8, 4) is 5.75 Å². The fourth-order valence-electron chi connectivity index (χ4n) is 1.41. The van der Waals surface area contributed by atoms with Gasteiger partial charge in [-0.3, -0.25) is 0 Å². The minimum Gasteiger partial charge on any atom is -0.482 e. The highest BCUT2D eigenvalue weighted by Gasteiger charge is 2.08. The molecule has 0 heterocycles. The zero-order chi connectivity index (χ0) is 12.7. The standard InChI is InChI=1S/C13H19NO3/c1-10(2)17-13(15)9-16-12-7-5-4-6-11(12)8-14-3/h4-7,10,14H,8-9H2,1-3H3. The Morgan fingerprint density at radius 2 is 2.06 bits per heavy atom. The molecule has 1 aromatic carbocycles. The Kier molecular flexibility index (Phi) is 5.49. The van der Waals surface area contributed by atoms with Gasteiger partial charge in [-0.15, -0.1) is 0 Å². The molecule has 4 heteroatoms. The third kappa shape index (κ3) is 4.87. The summed E-state index contributed by atoms with van der Waals surface area (Å²) >= 11 is 0. The lowest BCUT2D eigenvalue weighted by atomic mass is 10.2. The van der Waals surface area contributed by atoms with Crippen LogP contribution in [0.15, 0.2) is 24.3 Å². The van der Waals surface area contributed by atoms with E-state index in [0.29, 0.717) is 12.3 Å². The second-order valence-electron chi connectivity index (χ2n) is 3.97. The summed E-state index contributed by atoms with van der Waals surface area (Å²) in [6, 6.07) is 7.61. The van der Waals surface area contributed by atoms with Crippen molar-refractivity contribution in [1.82, 2.24) is 5.32 Å². The molecule has 1 N–H and O–H groups in total. The Bertz CT molecular complexity index is 363. The van der Waals surface area contributed by atoms with E-state index in [1.54, 1.807) is 0 Å². The normalized spacial score (nSPS) is 10.4. The fourth-order valence-corrected chi connectivity index (χ4v) is 1.41. The van der Waals surface area contributed by atoms with E-state index in [9.17, 15) is 4.79 Å². The molecule has 0 spiro atoms. The number of benzene rings is 1. The largest absolute Gasteiger partial charge is 0.482 e. The number of ether oxygens (including phenoxy) is 2. The summed E-state index contributed by atoms with van der Waals surface area (Å²) in [5, 5.41) is 3.05. The Hall–Kier alpha value is -1.55. The summed E-state index contributed by atoms with van der Waals surface area (Å²) in [7, 11) is 1.86. The summed E-state index contributed by atoms with van der Waals surface area (Å²) in [5.41, 5.74) is 1.02. The van der Waals surface area contributed by atoms with Gasteiger partial charge >= 0.3 is 5.97 Å². The molecule has 1 rings (SSSR count). The molecule has 94 valence electrons. The first kappa shape index (κ1) is 13.5. The SMILES string of the molecule is CNCc1ccccc1OCC(=O)OC(C)C. The number of hydrogen-bond acceptors (Lipinski definition) is 4. The van der Waals surface area contributed by atoms with Crippen molar-refractivity contribution in [2.75, 3.05) is 13.7 Å². The van der Waals surface area contributed by atoms with E-state index in [4.69, 9.17) is 9.47 Å². The van der Waals surface area contributed by atoms with Gasteiger partial charge in [-0.2, -0.15) is 0 Å². The second kappa shape index (κ2) is 6.91. The Balaban J connectivity index is 2.53. The fraction of sp³-hybridized carbons (Fsp3) is 0.462. The molecule has 0 atom stereocenters. The van der Waals surface area contributed by atoms with Crippen LogP contribution in [0.1, 0.15) is 19.4 Å². The van der Waals surface area contributed by atoms with Crippen LogP contribution in [0.25, 0.3) is 0 Å². The first-order chi connectivity index (χ1) is 8.13. The van der Waals surface area contributed by atoms with Crippen LogP contribution in [-0.2, 0) is 16.1 Å². The maximum absolute atomic E-state index is 11.3. The van der Waals surface area contributed by atoms with Crippen molar-refractivity contribution >= 4 is 5.97 Å². The van der Waals surface area contributed by atoms with Gasteiger partial charge in [0.05, 0.1) is 6.10 Å². The molecule has 1 aromatic rings. The summed E-state index contributed by atoms with van der Waals surface area (Å²) in [6.45, 7) is 4.27. The van der Waals surface area contributed by atoms with Crippen molar-refractivity contribution in [2.45, 2.75) is 26.5 Å². The van der Waals surface area contributed by atoms with Crippen molar-refractivity contribution in [2.24, 2.45) is 0 Å². The molecule has 4 nitrogen and oxygen atoms in total. The van der Waals surface area contributed by atoms with Crippen LogP contribution >= 0.6 is 0 Å². The van der Waals surface area contributed by atoms with Crippen LogP contribution in [0, 0.1) is 0 Å². The number of nitrogens with one attached hydrogen (secondary N) is 1. The molecule has 0 bridgehead atoms. The minimum atomic E-state index is -0.348. The molecule has 0 radical (unpaired) electrons. The zero-order valence-electron chi connectivity index (χ0n) is 10.5. The van der Waals surface area contributed by atoms with Gasteiger partial charge in [0.15, 0.2) is 6.61 Å². The highest BCUT2D eigenvalue weighted by atomic mass is 16.6. The molecule has 0 fully saturated rings. The maximum atomic E-state index is 11.3. The van der Waals surface area contributed by atoms with E-state index in [2.05, 4.69) is 5.32 Å². The summed E-state index contributed by atoms with van der Waals surface area (Å²) in [4.78, 5) is 11.3. The molecule has 0 saturated heterocycles. The van der Waals surface area contributed by atoms with Crippen LogP contribution in [-0.4, -0.2) is 25.7 Å². The summed E-state index contributed by atoms with van der Waals surface area (Å²) in [5.74, 6) is 0.363. The molecule has 0 saturated carbocycles. The monoisotopic (exact) mass is 237 g/mol. The Morgan fingerprint density at radius 3 is 2.71 bits per heavy atom. The maximum Gasteiger partial charge on any atom is 0.344 e. The molecule has 0 aliphatic carbocycles. The number of carbonyl (C=O) groups is 1. The molecule has 0 aliphatic heterocycles. The quantitative estimate of drug-likeness (QED) is 0.765. The van der Waals surface area contributed by atoms with E-state index in [1.807, 2.05) is 45.2 Å². The van der Waals surface area contributed by atoms with Gasteiger partial charge in [0.2, 0.25) is 0 Å². The molecular weight excluding hydrogens is 218 g/mol. The third-order valence-electron chi connectivity index (χ3n) is 2.05. The van der Waals surface area contributed by atoms with Crippen molar-refractivity contribution in [1.29, 1.82) is 0 Å². The minimum absolute atomic E-state index is 0.0566. The summed E-state index contributed by atoms with van der Waals surface area (Å²) < 4.78 is 10.4. The van der Waals surface area contributed by atoms with Gasteiger partial charge in [-0.25, -0.2) is 4.79 Å². The highest BCUT2D eigenvalue weighted by molar-refractivity contribution is 5.71. The van der Waals surface area contributed by atoms with E-state index >= 15 is 0 Å². The molecule has 0 amide bonds. The predicted octanol–water partition coefficient (Wildman–Crippen LogP) is 1.74. The van der Waals surface area contributed by atoms with E-state index in [0.717, 1.165) is 5.56 Å². The third-order valence-corrected chi connectivity index (χ3v) is 2.05. The van der Waals surface area contributed by atoms with Crippen LogP contribution in [0.2, 0.25) is 0 Å². The Morgan fingerprint density at radius 1 is 1.35 bits per heavy atom. The van der Waals surface area contributed by atoms with Gasteiger partial charge in [-0.05, 0) is 27.0 Å². The zero-order valence-corrected chi connectivity index (χ0v) is 10.5. The number of esters is 1. The van der Waals surface area contributed by atoms with Gasteiger partial charge in [-0.1, -0.05) is 18.2 Å². The van der Waals surface area contributed by atoms with E-state index in [1.165, 1.54) is 0 Å². The van der Waals surface area contributed by atoms with Crippen molar-refractivity contribution < 1.29 is 14.3 Å². The van der Waals surface area contributed by atoms with Gasteiger partial charge in [0.1, 0.15) is 5.75 Å². The Labute approximate surface area is 102 Å². The molecule has 0 aromatic heterocycles. The summed E-state index contributed by atoms with van der Waals surface area (Å²) in [6.07, 6.45) is -0.112. The van der Waals surface area contributed by atoms with Crippen LogP contribution < -0.4 is 10.1 Å². The highest BCUT2D eigenvalue weighted by Crippen LogP contribution is 2.17. The van der Waals surface area contributed by atoms with Crippen molar-refractivity contribution in [3.05, 3.63) is 29.8 Å². The lowest BCUT2D eigenvalue weighted by Gasteiger charge is -2.12. The molecule has 0 unspecified atom stereocenters. The van der Waals surface area contributed by atoms with Crippen molar-refractivity contribution in [3.63, 3.8) is 0 Å².